The van der Waals surface area contributed by atoms with E-state index in [9.17, 15) is 8.42 Å². The molecule has 0 aliphatic carbocycles. The van der Waals surface area contributed by atoms with Gasteiger partial charge >= 0.3 is 0 Å². The average molecular weight is 267 g/mol. The molecule has 1 aromatic carbocycles. The van der Waals surface area contributed by atoms with E-state index in [1.54, 1.807) is 19.1 Å². The number of nitrogens with two attached hydrogens (primary N) is 1. The van der Waals surface area contributed by atoms with Crippen LogP contribution in [0.3, 0.4) is 0 Å². The standard InChI is InChI=1S/C11H13N3O3S/c1-2-18(15,16)9-5-3-8(4-6-9)11-13-10(7-12)17-14-11/h3-6H,2,7,12H2,1H3. The maximum absolute atomic E-state index is 11.6. The van der Waals surface area contributed by atoms with Crippen molar-refractivity contribution in [3.8, 4) is 11.4 Å². The zero-order valence-electron chi connectivity index (χ0n) is 9.83. The fourth-order valence-electron chi connectivity index (χ4n) is 1.43. The van der Waals surface area contributed by atoms with Crippen molar-refractivity contribution in [2.24, 2.45) is 5.73 Å². The molecule has 7 heteroatoms. The molecule has 2 aromatic rings. The molecule has 0 fully saturated rings. The summed E-state index contributed by atoms with van der Waals surface area (Å²) >= 11 is 0. The summed E-state index contributed by atoms with van der Waals surface area (Å²) in [6.07, 6.45) is 0. The fraction of sp³-hybridized carbons (Fsp3) is 0.273. The Morgan fingerprint density at radius 1 is 1.28 bits per heavy atom. The van der Waals surface area contributed by atoms with Crippen LogP contribution in [-0.2, 0) is 16.4 Å². The quantitative estimate of drug-likeness (QED) is 0.886. The number of hydrogen-bond donors (Lipinski definition) is 1. The second-order valence-electron chi connectivity index (χ2n) is 3.64. The Morgan fingerprint density at radius 2 is 1.94 bits per heavy atom. The molecule has 6 nitrogen and oxygen atoms in total. The second-order valence-corrected chi connectivity index (χ2v) is 5.92. The van der Waals surface area contributed by atoms with Gasteiger partial charge in [0.05, 0.1) is 17.2 Å². The topological polar surface area (TPSA) is 99.1 Å². The third-order valence-electron chi connectivity index (χ3n) is 2.49. The maximum Gasteiger partial charge on any atom is 0.240 e. The van der Waals surface area contributed by atoms with E-state index in [1.165, 1.54) is 12.1 Å². The number of hydrogen-bond acceptors (Lipinski definition) is 6. The minimum Gasteiger partial charge on any atom is -0.338 e. The van der Waals surface area contributed by atoms with Gasteiger partial charge in [0.1, 0.15) is 0 Å². The monoisotopic (exact) mass is 267 g/mol. The van der Waals surface area contributed by atoms with Crippen molar-refractivity contribution in [1.82, 2.24) is 10.1 Å². The van der Waals surface area contributed by atoms with Gasteiger partial charge < -0.3 is 10.3 Å². The average Bonchev–Trinajstić information content (AvgIpc) is 2.87. The number of rotatable bonds is 4. The fourth-order valence-corrected chi connectivity index (χ4v) is 2.32. The zero-order chi connectivity index (χ0) is 13.2. The van der Waals surface area contributed by atoms with Gasteiger partial charge in [-0.3, -0.25) is 0 Å². The molecule has 2 rings (SSSR count). The molecule has 0 atom stereocenters. The molecule has 18 heavy (non-hydrogen) atoms. The third kappa shape index (κ3) is 2.41. The molecule has 0 aliphatic heterocycles. The smallest absolute Gasteiger partial charge is 0.240 e. The van der Waals surface area contributed by atoms with Crippen LogP contribution in [-0.4, -0.2) is 24.3 Å². The first kappa shape index (κ1) is 12.7. The molecule has 0 aliphatic rings. The van der Waals surface area contributed by atoms with Gasteiger partial charge in [-0.2, -0.15) is 4.98 Å². The van der Waals surface area contributed by atoms with Crippen LogP contribution in [0, 0.1) is 0 Å². The van der Waals surface area contributed by atoms with Gasteiger partial charge in [0.2, 0.25) is 11.7 Å². The number of benzene rings is 1. The van der Waals surface area contributed by atoms with Gasteiger partial charge in [0.15, 0.2) is 9.84 Å². The van der Waals surface area contributed by atoms with E-state index in [2.05, 4.69) is 10.1 Å². The van der Waals surface area contributed by atoms with Crippen molar-refractivity contribution in [3.63, 3.8) is 0 Å². The predicted molar refractivity (Wildman–Crippen MR) is 65.4 cm³/mol. The van der Waals surface area contributed by atoms with Crippen LogP contribution in [0.2, 0.25) is 0 Å². The van der Waals surface area contributed by atoms with Crippen molar-refractivity contribution in [1.29, 1.82) is 0 Å². The summed E-state index contributed by atoms with van der Waals surface area (Å²) in [6.45, 7) is 1.78. The number of sulfone groups is 1. The van der Waals surface area contributed by atoms with Crippen molar-refractivity contribution in [2.75, 3.05) is 5.75 Å². The van der Waals surface area contributed by atoms with Crippen LogP contribution in [0.25, 0.3) is 11.4 Å². The Bertz CT molecular complexity index is 632. The first-order valence-corrected chi connectivity index (χ1v) is 7.08. The van der Waals surface area contributed by atoms with Crippen LogP contribution in [0.1, 0.15) is 12.8 Å². The molecule has 1 aromatic heterocycles. The molecular weight excluding hydrogens is 254 g/mol. The zero-order valence-corrected chi connectivity index (χ0v) is 10.6. The van der Waals surface area contributed by atoms with Gasteiger partial charge in [-0.05, 0) is 24.3 Å². The Balaban J connectivity index is 2.33. The van der Waals surface area contributed by atoms with Gasteiger partial charge in [0, 0.05) is 5.56 Å². The van der Waals surface area contributed by atoms with E-state index in [0.717, 1.165) is 0 Å². The minimum atomic E-state index is -3.18. The summed E-state index contributed by atoms with van der Waals surface area (Å²) in [5.74, 6) is 0.817. The highest BCUT2D eigenvalue weighted by Crippen LogP contribution is 2.19. The summed E-state index contributed by atoms with van der Waals surface area (Å²) in [6, 6.07) is 6.36. The van der Waals surface area contributed by atoms with Gasteiger partial charge in [0.25, 0.3) is 0 Å². The van der Waals surface area contributed by atoms with Crippen LogP contribution < -0.4 is 5.73 Å². The lowest BCUT2D eigenvalue weighted by molar-refractivity contribution is 0.380. The highest BCUT2D eigenvalue weighted by atomic mass is 32.2. The van der Waals surface area contributed by atoms with Crippen molar-refractivity contribution < 1.29 is 12.9 Å². The first-order chi connectivity index (χ1) is 8.56. The SMILES string of the molecule is CCS(=O)(=O)c1ccc(-c2noc(CN)n2)cc1. The Morgan fingerprint density at radius 3 is 2.44 bits per heavy atom. The molecule has 1 heterocycles. The van der Waals surface area contributed by atoms with E-state index >= 15 is 0 Å². The maximum atomic E-state index is 11.6. The normalized spacial score (nSPS) is 11.7. The lowest BCUT2D eigenvalue weighted by Crippen LogP contribution is -2.03. The van der Waals surface area contributed by atoms with Gasteiger partial charge in [-0.1, -0.05) is 12.1 Å². The van der Waals surface area contributed by atoms with Crippen molar-refractivity contribution >= 4 is 9.84 Å². The molecule has 0 unspecified atom stereocenters. The van der Waals surface area contributed by atoms with E-state index in [0.29, 0.717) is 17.3 Å². The molecule has 96 valence electrons. The molecule has 0 radical (unpaired) electrons. The number of aromatic nitrogens is 2. The largest absolute Gasteiger partial charge is 0.338 e. The second kappa shape index (κ2) is 4.87. The first-order valence-electron chi connectivity index (χ1n) is 5.42. The molecule has 2 N–H and O–H groups in total. The van der Waals surface area contributed by atoms with Crippen molar-refractivity contribution in [2.45, 2.75) is 18.4 Å². The summed E-state index contributed by atoms with van der Waals surface area (Å²) in [4.78, 5) is 4.35. The Kier molecular flexibility index (Phi) is 3.44. The Labute approximate surface area is 105 Å². The van der Waals surface area contributed by atoms with E-state index in [4.69, 9.17) is 10.3 Å². The lowest BCUT2D eigenvalue weighted by Gasteiger charge is -2.01. The number of nitrogens with zero attached hydrogens (tertiary/aromatic N) is 2. The van der Waals surface area contributed by atoms with Gasteiger partial charge in [-0.25, -0.2) is 8.42 Å². The van der Waals surface area contributed by atoms with Crippen LogP contribution >= 0.6 is 0 Å². The van der Waals surface area contributed by atoms with Crippen LogP contribution in [0.15, 0.2) is 33.7 Å². The summed E-state index contributed by atoms with van der Waals surface area (Å²) < 4.78 is 28.1. The van der Waals surface area contributed by atoms with Crippen LogP contribution in [0.4, 0.5) is 0 Å². The van der Waals surface area contributed by atoms with E-state index < -0.39 is 9.84 Å². The van der Waals surface area contributed by atoms with Crippen molar-refractivity contribution in [3.05, 3.63) is 30.2 Å². The highest BCUT2D eigenvalue weighted by Gasteiger charge is 2.12. The van der Waals surface area contributed by atoms with E-state index in [1.807, 2.05) is 0 Å². The summed E-state index contributed by atoms with van der Waals surface area (Å²) in [5, 5.41) is 3.75. The Hall–Kier alpha value is -1.73. The summed E-state index contributed by atoms with van der Waals surface area (Å²) in [5.41, 5.74) is 6.05. The summed E-state index contributed by atoms with van der Waals surface area (Å²) in [7, 11) is -3.18. The molecule has 0 saturated heterocycles. The molecule has 0 saturated carbocycles. The highest BCUT2D eigenvalue weighted by molar-refractivity contribution is 7.91. The molecular formula is C11H13N3O3S. The predicted octanol–water partition coefficient (Wildman–Crippen LogP) is 0.989. The van der Waals surface area contributed by atoms with Gasteiger partial charge in [-0.15, -0.1) is 0 Å². The van der Waals surface area contributed by atoms with Crippen LogP contribution in [0.5, 0.6) is 0 Å². The minimum absolute atomic E-state index is 0.0753. The molecule has 0 amide bonds. The lowest BCUT2D eigenvalue weighted by atomic mass is 10.2. The molecule has 0 bridgehead atoms. The molecule has 0 spiro atoms. The van der Waals surface area contributed by atoms with E-state index in [-0.39, 0.29) is 17.2 Å². The third-order valence-corrected chi connectivity index (χ3v) is 4.24.